The van der Waals surface area contributed by atoms with E-state index < -0.39 is 35.3 Å². The van der Waals surface area contributed by atoms with Gasteiger partial charge in [0.25, 0.3) is 0 Å². The van der Waals surface area contributed by atoms with E-state index in [9.17, 15) is 19.2 Å². The summed E-state index contributed by atoms with van der Waals surface area (Å²) < 4.78 is 5.38. The van der Waals surface area contributed by atoms with Crippen molar-refractivity contribution in [3.8, 4) is 0 Å². The highest BCUT2D eigenvalue weighted by Gasteiger charge is 2.30. The first-order valence-corrected chi connectivity index (χ1v) is 10.5. The Bertz CT molecular complexity index is 802. The summed E-state index contributed by atoms with van der Waals surface area (Å²) in [4.78, 5) is 51.3. The SMILES string of the molecule is CN(C)CC(=O)N[C@@H](Cc1ccccc1)C(=O)N[C@@H](CCC(=O)C=N)C(=O)OC(C)(C)C. The van der Waals surface area contributed by atoms with E-state index in [1.54, 1.807) is 39.8 Å². The molecule has 0 saturated heterocycles. The monoisotopic (exact) mass is 446 g/mol. The second-order valence-corrected chi connectivity index (χ2v) is 8.79. The number of benzene rings is 1. The Morgan fingerprint density at radius 2 is 1.69 bits per heavy atom. The van der Waals surface area contributed by atoms with Crippen molar-refractivity contribution in [3.63, 3.8) is 0 Å². The lowest BCUT2D eigenvalue weighted by atomic mass is 10.0. The van der Waals surface area contributed by atoms with Crippen molar-refractivity contribution in [3.05, 3.63) is 35.9 Å². The van der Waals surface area contributed by atoms with Crippen molar-refractivity contribution in [1.82, 2.24) is 15.5 Å². The van der Waals surface area contributed by atoms with Crippen LogP contribution in [0.2, 0.25) is 0 Å². The fourth-order valence-electron chi connectivity index (χ4n) is 2.84. The van der Waals surface area contributed by atoms with Crippen LogP contribution in [-0.2, 0) is 30.3 Å². The van der Waals surface area contributed by atoms with Gasteiger partial charge in [0.2, 0.25) is 11.8 Å². The predicted molar refractivity (Wildman–Crippen MR) is 121 cm³/mol. The number of carbonyl (C=O) groups is 4. The van der Waals surface area contributed by atoms with Crippen molar-refractivity contribution >= 4 is 29.8 Å². The summed E-state index contributed by atoms with van der Waals surface area (Å²) in [6, 6.07) is 7.18. The minimum atomic E-state index is -1.09. The Labute approximate surface area is 189 Å². The molecule has 176 valence electrons. The lowest BCUT2D eigenvalue weighted by Crippen LogP contribution is -2.54. The van der Waals surface area contributed by atoms with Crippen LogP contribution >= 0.6 is 0 Å². The summed E-state index contributed by atoms with van der Waals surface area (Å²) in [6.45, 7) is 5.20. The van der Waals surface area contributed by atoms with Crippen molar-refractivity contribution in [2.45, 2.75) is 57.7 Å². The van der Waals surface area contributed by atoms with E-state index in [1.807, 2.05) is 30.3 Å². The average Bonchev–Trinajstić information content (AvgIpc) is 2.68. The van der Waals surface area contributed by atoms with Gasteiger partial charge in [-0.1, -0.05) is 30.3 Å². The van der Waals surface area contributed by atoms with Gasteiger partial charge in [0, 0.05) is 12.8 Å². The van der Waals surface area contributed by atoms with Gasteiger partial charge in [0.05, 0.1) is 12.8 Å². The fraction of sp³-hybridized carbons (Fsp3) is 0.522. The van der Waals surface area contributed by atoms with Gasteiger partial charge in [-0.2, -0.15) is 0 Å². The van der Waals surface area contributed by atoms with E-state index in [0.717, 1.165) is 5.56 Å². The molecule has 1 rings (SSSR count). The molecule has 0 spiro atoms. The standard InChI is InChI=1S/C23H34N4O5/c1-23(2,3)32-22(31)18(12-11-17(28)14-24)26-21(30)19(25-20(29)15-27(4)5)13-16-9-7-6-8-10-16/h6-10,14,18-19,24H,11-13,15H2,1-5H3,(H,25,29)(H,26,30)/t18-,19-/m0/s1. The molecule has 1 aromatic rings. The topological polar surface area (TPSA) is 129 Å². The van der Waals surface area contributed by atoms with Crippen LogP contribution in [0, 0.1) is 5.41 Å². The number of hydrogen-bond donors (Lipinski definition) is 3. The molecule has 0 aliphatic carbocycles. The largest absolute Gasteiger partial charge is 0.458 e. The van der Waals surface area contributed by atoms with Crippen LogP contribution in [0.25, 0.3) is 0 Å². The molecule has 9 nitrogen and oxygen atoms in total. The van der Waals surface area contributed by atoms with Crippen LogP contribution in [0.1, 0.15) is 39.2 Å². The maximum absolute atomic E-state index is 13.1. The molecular formula is C23H34N4O5. The summed E-state index contributed by atoms with van der Waals surface area (Å²) in [5.74, 6) is -2.03. The molecular weight excluding hydrogens is 412 g/mol. The van der Waals surface area contributed by atoms with Gasteiger partial charge in [-0.3, -0.25) is 14.4 Å². The number of hydrogen-bond acceptors (Lipinski definition) is 7. The number of ketones is 1. The normalized spacial score (nSPS) is 13.1. The third-order valence-electron chi connectivity index (χ3n) is 4.24. The number of carbonyl (C=O) groups excluding carboxylic acids is 4. The van der Waals surface area contributed by atoms with Crippen LogP contribution < -0.4 is 10.6 Å². The van der Waals surface area contributed by atoms with Gasteiger partial charge in [-0.25, -0.2) is 4.79 Å². The smallest absolute Gasteiger partial charge is 0.329 e. The molecule has 1 aromatic carbocycles. The Hall–Kier alpha value is -3.07. The first kappa shape index (κ1) is 27.0. The Morgan fingerprint density at radius 1 is 1.06 bits per heavy atom. The lowest BCUT2D eigenvalue weighted by molar-refractivity contribution is -0.159. The molecule has 2 atom stereocenters. The van der Waals surface area contributed by atoms with Crippen molar-refractivity contribution in [1.29, 1.82) is 5.41 Å². The summed E-state index contributed by atoms with van der Waals surface area (Å²) in [7, 11) is 3.48. The van der Waals surface area contributed by atoms with Gasteiger partial charge in [0.1, 0.15) is 17.7 Å². The molecule has 0 heterocycles. The zero-order valence-electron chi connectivity index (χ0n) is 19.4. The molecule has 0 aliphatic heterocycles. The van der Waals surface area contributed by atoms with E-state index in [-0.39, 0.29) is 31.7 Å². The molecule has 0 fully saturated rings. The van der Waals surface area contributed by atoms with E-state index in [0.29, 0.717) is 6.21 Å². The summed E-state index contributed by atoms with van der Waals surface area (Å²) in [5.41, 5.74) is 0.0558. The number of rotatable bonds is 12. The number of amides is 2. The summed E-state index contributed by atoms with van der Waals surface area (Å²) >= 11 is 0. The van der Waals surface area contributed by atoms with Gasteiger partial charge in [-0.15, -0.1) is 0 Å². The number of likely N-dealkylation sites (N-methyl/N-ethyl adjacent to an activating group) is 1. The van der Waals surface area contributed by atoms with Crippen LogP contribution in [-0.4, -0.2) is 73.0 Å². The Morgan fingerprint density at radius 3 is 2.22 bits per heavy atom. The van der Waals surface area contributed by atoms with Gasteiger partial charge >= 0.3 is 5.97 Å². The summed E-state index contributed by atoms with van der Waals surface area (Å²) in [5, 5.41) is 12.4. The molecule has 0 radical (unpaired) electrons. The fourth-order valence-corrected chi connectivity index (χ4v) is 2.84. The first-order chi connectivity index (χ1) is 14.9. The molecule has 9 heteroatoms. The minimum absolute atomic E-state index is 0.0153. The molecule has 32 heavy (non-hydrogen) atoms. The maximum atomic E-state index is 13.1. The molecule has 0 bridgehead atoms. The highest BCUT2D eigenvalue weighted by molar-refractivity contribution is 6.26. The zero-order chi connectivity index (χ0) is 24.3. The highest BCUT2D eigenvalue weighted by Crippen LogP contribution is 2.12. The molecule has 0 unspecified atom stereocenters. The number of nitrogens with one attached hydrogen (secondary N) is 3. The average molecular weight is 447 g/mol. The quantitative estimate of drug-likeness (QED) is 0.326. The maximum Gasteiger partial charge on any atom is 0.329 e. The van der Waals surface area contributed by atoms with Gasteiger partial charge in [0.15, 0.2) is 5.78 Å². The number of ether oxygens (including phenoxy) is 1. The van der Waals surface area contributed by atoms with Crippen LogP contribution in [0.15, 0.2) is 30.3 Å². The van der Waals surface area contributed by atoms with Gasteiger partial charge < -0.3 is 25.7 Å². The number of Topliss-reactive ketones (excluding diaryl/α,β-unsaturated/α-hetero) is 1. The number of nitrogens with zero attached hydrogens (tertiary/aromatic N) is 1. The van der Waals surface area contributed by atoms with Crippen molar-refractivity contribution < 1.29 is 23.9 Å². The molecule has 3 N–H and O–H groups in total. The van der Waals surface area contributed by atoms with Crippen LogP contribution in [0.4, 0.5) is 0 Å². The van der Waals surface area contributed by atoms with E-state index in [4.69, 9.17) is 10.1 Å². The third-order valence-corrected chi connectivity index (χ3v) is 4.24. The second-order valence-electron chi connectivity index (χ2n) is 8.79. The van der Waals surface area contributed by atoms with Gasteiger partial charge in [-0.05, 0) is 46.9 Å². The molecule has 0 saturated carbocycles. The van der Waals surface area contributed by atoms with Crippen molar-refractivity contribution in [2.75, 3.05) is 20.6 Å². The predicted octanol–water partition coefficient (Wildman–Crippen LogP) is 1.10. The minimum Gasteiger partial charge on any atom is -0.458 e. The van der Waals surface area contributed by atoms with Crippen molar-refractivity contribution in [2.24, 2.45) is 0 Å². The van der Waals surface area contributed by atoms with Crippen LogP contribution in [0.5, 0.6) is 0 Å². The molecule has 2 amide bonds. The Kier molecular flexibility index (Phi) is 10.7. The first-order valence-electron chi connectivity index (χ1n) is 10.5. The van der Waals surface area contributed by atoms with E-state index in [1.165, 1.54) is 0 Å². The Balaban J connectivity index is 3.03. The number of esters is 1. The third kappa shape index (κ3) is 10.8. The zero-order valence-corrected chi connectivity index (χ0v) is 19.4. The second kappa shape index (κ2) is 12.7. The highest BCUT2D eigenvalue weighted by atomic mass is 16.6. The van der Waals surface area contributed by atoms with Crippen LogP contribution in [0.3, 0.4) is 0 Å². The lowest BCUT2D eigenvalue weighted by Gasteiger charge is -2.26. The van der Waals surface area contributed by atoms with E-state index >= 15 is 0 Å². The molecule has 0 aliphatic rings. The van der Waals surface area contributed by atoms with E-state index in [2.05, 4.69) is 10.6 Å². The summed E-state index contributed by atoms with van der Waals surface area (Å²) in [6.07, 6.45) is 0.794. The molecule has 0 aromatic heterocycles.